The van der Waals surface area contributed by atoms with E-state index in [1.54, 1.807) is 14.1 Å². The molecule has 5 heteroatoms. The number of likely N-dealkylation sites (tertiary alicyclic amines) is 1. The fourth-order valence-corrected chi connectivity index (χ4v) is 2.05. The number of nitrogens with one attached hydrogen (secondary N) is 2. The minimum absolute atomic E-state index is 0.0572. The molecule has 0 radical (unpaired) electrons. The summed E-state index contributed by atoms with van der Waals surface area (Å²) < 4.78 is 0. The Kier molecular flexibility index (Phi) is 4.51. The van der Waals surface area contributed by atoms with E-state index in [1.807, 2.05) is 18.7 Å². The van der Waals surface area contributed by atoms with E-state index in [4.69, 9.17) is 0 Å². The second-order valence-electron chi connectivity index (χ2n) is 5.06. The molecule has 2 N–H and O–H groups in total. The smallest absolute Gasteiger partial charge is 0.242 e. The molecule has 0 saturated carbocycles. The zero-order valence-electron chi connectivity index (χ0n) is 11.2. The van der Waals surface area contributed by atoms with Crippen molar-refractivity contribution in [2.75, 3.05) is 27.2 Å². The van der Waals surface area contributed by atoms with Crippen molar-refractivity contribution in [3.05, 3.63) is 0 Å². The molecule has 0 bridgehead atoms. The lowest BCUT2D eigenvalue weighted by Gasteiger charge is -2.36. The summed E-state index contributed by atoms with van der Waals surface area (Å²) in [6.07, 6.45) is 1.51. The molecule has 0 aliphatic carbocycles. The van der Waals surface area contributed by atoms with Gasteiger partial charge >= 0.3 is 0 Å². The molecule has 0 atom stereocenters. The zero-order chi connectivity index (χ0) is 13.1. The second-order valence-corrected chi connectivity index (χ2v) is 5.06. The van der Waals surface area contributed by atoms with E-state index in [1.165, 1.54) is 0 Å². The molecular weight excluding hydrogens is 218 g/mol. The summed E-state index contributed by atoms with van der Waals surface area (Å²) in [6, 6.07) is 0. The maximum atomic E-state index is 12.2. The van der Waals surface area contributed by atoms with E-state index >= 15 is 0 Å². The van der Waals surface area contributed by atoms with Gasteiger partial charge in [0.15, 0.2) is 0 Å². The average molecular weight is 241 g/mol. The summed E-state index contributed by atoms with van der Waals surface area (Å²) in [5.41, 5.74) is -0.528. The summed E-state index contributed by atoms with van der Waals surface area (Å²) in [6.45, 7) is 5.09. The van der Waals surface area contributed by atoms with Gasteiger partial charge in [-0.2, -0.15) is 0 Å². The zero-order valence-corrected chi connectivity index (χ0v) is 11.2. The third-order valence-corrected chi connectivity index (χ3v) is 3.56. The van der Waals surface area contributed by atoms with Crippen LogP contribution in [0.3, 0.4) is 0 Å². The SMILES string of the molecule is CNC(=O)C1CCN(C(=O)C(C)(C)NC)CC1. The molecule has 5 nitrogen and oxygen atoms in total. The monoisotopic (exact) mass is 241 g/mol. The molecular formula is C12H23N3O2. The normalized spacial score (nSPS) is 18.0. The van der Waals surface area contributed by atoms with Crippen molar-refractivity contribution >= 4 is 11.8 Å². The Morgan fingerprint density at radius 1 is 1.18 bits per heavy atom. The van der Waals surface area contributed by atoms with Crippen LogP contribution < -0.4 is 10.6 Å². The fourth-order valence-electron chi connectivity index (χ4n) is 2.05. The molecule has 0 unspecified atom stereocenters. The van der Waals surface area contributed by atoms with Crippen LogP contribution >= 0.6 is 0 Å². The van der Waals surface area contributed by atoms with Crippen LogP contribution in [0.4, 0.5) is 0 Å². The first-order valence-electron chi connectivity index (χ1n) is 6.12. The molecule has 0 aromatic heterocycles. The van der Waals surface area contributed by atoms with Crippen LogP contribution in [-0.2, 0) is 9.59 Å². The minimum atomic E-state index is -0.528. The van der Waals surface area contributed by atoms with Gasteiger partial charge in [-0.15, -0.1) is 0 Å². The molecule has 1 rings (SSSR count). The third-order valence-electron chi connectivity index (χ3n) is 3.56. The molecule has 2 amide bonds. The maximum absolute atomic E-state index is 12.2. The highest BCUT2D eigenvalue weighted by Crippen LogP contribution is 2.19. The molecule has 1 aliphatic heterocycles. The molecule has 0 aromatic rings. The van der Waals surface area contributed by atoms with Gasteiger partial charge in [-0.05, 0) is 33.7 Å². The highest BCUT2D eigenvalue weighted by molar-refractivity contribution is 5.86. The number of likely N-dealkylation sites (N-methyl/N-ethyl adjacent to an activating group) is 1. The van der Waals surface area contributed by atoms with Gasteiger partial charge < -0.3 is 15.5 Å². The summed E-state index contributed by atoms with van der Waals surface area (Å²) >= 11 is 0. The van der Waals surface area contributed by atoms with Crippen LogP contribution in [0.5, 0.6) is 0 Å². The van der Waals surface area contributed by atoms with Crippen LogP contribution in [0.2, 0.25) is 0 Å². The van der Waals surface area contributed by atoms with Crippen LogP contribution in [-0.4, -0.2) is 49.4 Å². The molecule has 0 aromatic carbocycles. The van der Waals surface area contributed by atoms with Crippen LogP contribution in [0, 0.1) is 5.92 Å². The van der Waals surface area contributed by atoms with Crippen molar-refractivity contribution in [2.24, 2.45) is 5.92 Å². The van der Waals surface area contributed by atoms with Crippen molar-refractivity contribution in [3.8, 4) is 0 Å². The average Bonchev–Trinajstić information content (AvgIpc) is 2.37. The lowest BCUT2D eigenvalue weighted by molar-refractivity contribution is -0.140. The van der Waals surface area contributed by atoms with E-state index in [-0.39, 0.29) is 17.7 Å². The number of carbonyl (C=O) groups is 2. The highest BCUT2D eigenvalue weighted by Gasteiger charge is 2.33. The van der Waals surface area contributed by atoms with Gasteiger partial charge in [0.2, 0.25) is 11.8 Å². The molecule has 1 saturated heterocycles. The van der Waals surface area contributed by atoms with Crippen molar-refractivity contribution in [2.45, 2.75) is 32.2 Å². The summed E-state index contributed by atoms with van der Waals surface area (Å²) in [5, 5.41) is 5.68. The predicted octanol–water partition coefficient (Wildman–Crippen LogP) is -0.0310. The molecule has 98 valence electrons. The van der Waals surface area contributed by atoms with Gasteiger partial charge in [0.25, 0.3) is 0 Å². The number of hydrogen-bond acceptors (Lipinski definition) is 3. The Hall–Kier alpha value is -1.10. The largest absolute Gasteiger partial charge is 0.359 e. The highest BCUT2D eigenvalue weighted by atomic mass is 16.2. The lowest BCUT2D eigenvalue weighted by atomic mass is 9.94. The van der Waals surface area contributed by atoms with Gasteiger partial charge in [-0.3, -0.25) is 9.59 Å². The van der Waals surface area contributed by atoms with Crippen LogP contribution in [0.1, 0.15) is 26.7 Å². The second kappa shape index (κ2) is 5.49. The lowest BCUT2D eigenvalue weighted by Crippen LogP contribution is -2.55. The topological polar surface area (TPSA) is 61.4 Å². The van der Waals surface area contributed by atoms with Crippen molar-refractivity contribution in [1.29, 1.82) is 0 Å². The summed E-state index contributed by atoms with van der Waals surface area (Å²) in [5.74, 6) is 0.252. The first kappa shape index (κ1) is 14.0. The van der Waals surface area contributed by atoms with E-state index in [9.17, 15) is 9.59 Å². The van der Waals surface area contributed by atoms with Crippen molar-refractivity contribution in [1.82, 2.24) is 15.5 Å². The summed E-state index contributed by atoms with van der Waals surface area (Å²) in [7, 11) is 3.44. The van der Waals surface area contributed by atoms with Gasteiger partial charge in [0.1, 0.15) is 0 Å². The van der Waals surface area contributed by atoms with Crippen molar-refractivity contribution in [3.63, 3.8) is 0 Å². The number of amides is 2. The molecule has 17 heavy (non-hydrogen) atoms. The first-order valence-corrected chi connectivity index (χ1v) is 6.12. The quantitative estimate of drug-likeness (QED) is 0.729. The number of piperidine rings is 1. The fraction of sp³-hybridized carbons (Fsp3) is 0.833. The third kappa shape index (κ3) is 3.19. The Balaban J connectivity index is 2.52. The minimum Gasteiger partial charge on any atom is -0.359 e. The van der Waals surface area contributed by atoms with Gasteiger partial charge in [0, 0.05) is 26.1 Å². The van der Waals surface area contributed by atoms with Crippen molar-refractivity contribution < 1.29 is 9.59 Å². The van der Waals surface area contributed by atoms with Crippen LogP contribution in [0.25, 0.3) is 0 Å². The molecule has 1 heterocycles. The van der Waals surface area contributed by atoms with Gasteiger partial charge in [-0.1, -0.05) is 0 Å². The Morgan fingerprint density at radius 3 is 2.12 bits per heavy atom. The molecule has 0 spiro atoms. The number of carbonyl (C=O) groups excluding carboxylic acids is 2. The molecule has 1 fully saturated rings. The van der Waals surface area contributed by atoms with Crippen LogP contribution in [0.15, 0.2) is 0 Å². The molecule has 1 aliphatic rings. The summed E-state index contributed by atoms with van der Waals surface area (Å²) in [4.78, 5) is 25.5. The van der Waals surface area contributed by atoms with E-state index in [2.05, 4.69) is 10.6 Å². The Labute approximate surface area is 103 Å². The first-order chi connectivity index (χ1) is 7.92. The Bertz CT molecular complexity index is 294. The van der Waals surface area contributed by atoms with Gasteiger partial charge in [0.05, 0.1) is 5.54 Å². The Morgan fingerprint density at radius 2 is 1.71 bits per heavy atom. The van der Waals surface area contributed by atoms with Gasteiger partial charge in [-0.25, -0.2) is 0 Å². The predicted molar refractivity (Wildman–Crippen MR) is 66.5 cm³/mol. The number of hydrogen-bond donors (Lipinski definition) is 2. The standard InChI is InChI=1S/C12H23N3O2/c1-12(2,14-4)11(17)15-7-5-9(6-8-15)10(16)13-3/h9,14H,5-8H2,1-4H3,(H,13,16). The van der Waals surface area contributed by atoms with E-state index in [0.717, 1.165) is 12.8 Å². The number of nitrogens with zero attached hydrogens (tertiary/aromatic N) is 1. The number of rotatable bonds is 3. The maximum Gasteiger partial charge on any atom is 0.242 e. The van der Waals surface area contributed by atoms with E-state index < -0.39 is 5.54 Å². The van der Waals surface area contributed by atoms with E-state index in [0.29, 0.717) is 13.1 Å².